The van der Waals surface area contributed by atoms with Gasteiger partial charge in [0.1, 0.15) is 0 Å². The standard InChI is InChI=1S/C10H16N4O2/c15-14(16)10-11-8-13(12-10)7-3-6-9-4-1-2-5-9/h8-9H,1-7H2. The maximum absolute atomic E-state index is 10.4. The molecule has 0 saturated heterocycles. The number of aromatic nitrogens is 3. The van der Waals surface area contributed by atoms with E-state index in [2.05, 4.69) is 10.1 Å². The van der Waals surface area contributed by atoms with Crippen molar-refractivity contribution in [3.8, 4) is 0 Å². The molecular formula is C10H16N4O2. The molecule has 0 spiro atoms. The van der Waals surface area contributed by atoms with Crippen LogP contribution < -0.4 is 0 Å². The molecule has 6 heteroatoms. The maximum atomic E-state index is 10.4. The zero-order valence-corrected chi connectivity index (χ0v) is 9.21. The average Bonchev–Trinajstić information content (AvgIpc) is 2.87. The third-order valence-corrected chi connectivity index (χ3v) is 3.16. The van der Waals surface area contributed by atoms with E-state index in [-0.39, 0.29) is 5.95 Å². The molecule has 1 saturated carbocycles. The quantitative estimate of drug-likeness (QED) is 0.567. The molecule has 1 aromatic rings. The highest BCUT2D eigenvalue weighted by atomic mass is 16.6. The minimum absolute atomic E-state index is 0.305. The van der Waals surface area contributed by atoms with Gasteiger partial charge in [-0.1, -0.05) is 30.7 Å². The average molecular weight is 224 g/mol. The van der Waals surface area contributed by atoms with Crippen molar-refractivity contribution in [3.05, 3.63) is 16.4 Å². The molecule has 0 aromatic carbocycles. The Morgan fingerprint density at radius 2 is 2.25 bits per heavy atom. The lowest BCUT2D eigenvalue weighted by Crippen LogP contribution is -2.02. The predicted octanol–water partition coefficient (Wildman–Crippen LogP) is 2.16. The molecule has 0 N–H and O–H groups in total. The van der Waals surface area contributed by atoms with Crippen LogP contribution in [0.25, 0.3) is 0 Å². The molecule has 0 atom stereocenters. The second-order valence-electron chi connectivity index (χ2n) is 4.36. The second-order valence-corrected chi connectivity index (χ2v) is 4.36. The Hall–Kier alpha value is -1.46. The number of nitro groups is 1. The van der Waals surface area contributed by atoms with Crippen molar-refractivity contribution >= 4 is 5.95 Å². The summed E-state index contributed by atoms with van der Waals surface area (Å²) in [6, 6.07) is 0. The molecule has 88 valence electrons. The Bertz CT molecular complexity index is 357. The SMILES string of the molecule is O=[N+]([O-])c1ncn(CCCC2CCCC2)n1. The molecule has 1 fully saturated rings. The lowest BCUT2D eigenvalue weighted by molar-refractivity contribution is -0.394. The fourth-order valence-corrected chi connectivity index (χ4v) is 2.32. The lowest BCUT2D eigenvalue weighted by Gasteiger charge is -2.06. The van der Waals surface area contributed by atoms with Gasteiger partial charge >= 0.3 is 5.95 Å². The highest BCUT2D eigenvalue weighted by Crippen LogP contribution is 2.28. The topological polar surface area (TPSA) is 73.8 Å². The van der Waals surface area contributed by atoms with Crippen LogP contribution in [0.2, 0.25) is 0 Å². The molecule has 1 aromatic heterocycles. The summed E-state index contributed by atoms with van der Waals surface area (Å²) in [5.41, 5.74) is 0. The summed E-state index contributed by atoms with van der Waals surface area (Å²) in [4.78, 5) is 13.4. The van der Waals surface area contributed by atoms with Gasteiger partial charge in [0.25, 0.3) is 0 Å². The van der Waals surface area contributed by atoms with Gasteiger partial charge in [-0.3, -0.25) is 0 Å². The van der Waals surface area contributed by atoms with Crippen molar-refractivity contribution in [2.45, 2.75) is 45.1 Å². The minimum Gasteiger partial charge on any atom is -0.390 e. The van der Waals surface area contributed by atoms with E-state index in [0.717, 1.165) is 18.9 Å². The molecule has 6 nitrogen and oxygen atoms in total. The summed E-state index contributed by atoms with van der Waals surface area (Å²) in [7, 11) is 0. The molecule has 0 unspecified atom stereocenters. The first-order valence-electron chi connectivity index (χ1n) is 5.79. The molecule has 2 rings (SSSR count). The normalized spacial score (nSPS) is 16.8. The van der Waals surface area contributed by atoms with Crippen molar-refractivity contribution in [2.75, 3.05) is 0 Å². The molecule has 1 aliphatic rings. The Kier molecular flexibility index (Phi) is 3.48. The highest BCUT2D eigenvalue weighted by Gasteiger charge is 2.16. The van der Waals surface area contributed by atoms with Crippen LogP contribution in [0.3, 0.4) is 0 Å². The fraction of sp³-hybridized carbons (Fsp3) is 0.800. The maximum Gasteiger partial charge on any atom is 0.490 e. The number of nitrogens with zero attached hydrogens (tertiary/aromatic N) is 4. The van der Waals surface area contributed by atoms with E-state index >= 15 is 0 Å². The van der Waals surface area contributed by atoms with E-state index in [1.807, 2.05) is 0 Å². The third kappa shape index (κ3) is 2.77. The summed E-state index contributed by atoms with van der Waals surface area (Å²) in [5.74, 6) is 0.555. The summed E-state index contributed by atoms with van der Waals surface area (Å²) in [6.07, 6.45) is 9.08. The van der Waals surface area contributed by atoms with Gasteiger partial charge in [-0.25, -0.2) is 0 Å². The monoisotopic (exact) mass is 224 g/mol. The largest absolute Gasteiger partial charge is 0.490 e. The summed E-state index contributed by atoms with van der Waals surface area (Å²) < 4.78 is 1.56. The second kappa shape index (κ2) is 5.05. The zero-order valence-electron chi connectivity index (χ0n) is 9.21. The van der Waals surface area contributed by atoms with Gasteiger partial charge in [-0.2, -0.15) is 4.68 Å². The molecule has 0 bridgehead atoms. The van der Waals surface area contributed by atoms with Crippen LogP contribution in [0.1, 0.15) is 38.5 Å². The zero-order chi connectivity index (χ0) is 11.4. The number of aryl methyl sites for hydroxylation is 1. The minimum atomic E-state index is -0.562. The van der Waals surface area contributed by atoms with Gasteiger partial charge in [0.15, 0.2) is 0 Å². The van der Waals surface area contributed by atoms with Crippen molar-refractivity contribution in [3.63, 3.8) is 0 Å². The van der Waals surface area contributed by atoms with Crippen LogP contribution in [-0.2, 0) is 6.54 Å². The van der Waals surface area contributed by atoms with E-state index in [1.165, 1.54) is 38.4 Å². The highest BCUT2D eigenvalue weighted by molar-refractivity contribution is 4.96. The smallest absolute Gasteiger partial charge is 0.390 e. The first kappa shape index (κ1) is 11.0. The molecule has 0 amide bonds. The van der Waals surface area contributed by atoms with Gasteiger partial charge in [-0.15, -0.1) is 0 Å². The molecule has 0 radical (unpaired) electrons. The molecule has 1 aliphatic carbocycles. The van der Waals surface area contributed by atoms with Crippen molar-refractivity contribution in [2.24, 2.45) is 5.92 Å². The molecule has 16 heavy (non-hydrogen) atoms. The number of hydrogen-bond donors (Lipinski definition) is 0. The van der Waals surface area contributed by atoms with E-state index in [0.29, 0.717) is 0 Å². The Balaban J connectivity index is 1.74. The summed E-state index contributed by atoms with van der Waals surface area (Å²) in [6.45, 7) is 0.733. The summed E-state index contributed by atoms with van der Waals surface area (Å²) >= 11 is 0. The van der Waals surface area contributed by atoms with Gasteiger partial charge in [0, 0.05) is 5.10 Å². The molecule has 1 heterocycles. The molecular weight excluding hydrogens is 208 g/mol. The first-order chi connectivity index (χ1) is 7.75. The fourth-order valence-electron chi connectivity index (χ4n) is 2.32. The van der Waals surface area contributed by atoms with Gasteiger partial charge in [-0.05, 0) is 23.7 Å². The van der Waals surface area contributed by atoms with E-state index in [4.69, 9.17) is 0 Å². The summed E-state index contributed by atoms with van der Waals surface area (Å²) in [5, 5.41) is 14.1. The van der Waals surface area contributed by atoms with Gasteiger partial charge < -0.3 is 10.1 Å². The number of hydrogen-bond acceptors (Lipinski definition) is 4. The molecule has 0 aliphatic heterocycles. The third-order valence-electron chi connectivity index (χ3n) is 3.16. The first-order valence-corrected chi connectivity index (χ1v) is 5.79. The van der Waals surface area contributed by atoms with Crippen molar-refractivity contribution in [1.29, 1.82) is 0 Å². The predicted molar refractivity (Wildman–Crippen MR) is 57.9 cm³/mol. The van der Waals surface area contributed by atoms with Crippen LogP contribution in [0.15, 0.2) is 6.33 Å². The Morgan fingerprint density at radius 1 is 1.50 bits per heavy atom. The van der Waals surface area contributed by atoms with Crippen molar-refractivity contribution < 1.29 is 4.92 Å². The van der Waals surface area contributed by atoms with Crippen LogP contribution in [0, 0.1) is 16.0 Å². The van der Waals surface area contributed by atoms with Crippen LogP contribution >= 0.6 is 0 Å². The van der Waals surface area contributed by atoms with Gasteiger partial charge in [0.2, 0.25) is 6.33 Å². The van der Waals surface area contributed by atoms with Crippen LogP contribution in [-0.4, -0.2) is 19.7 Å². The van der Waals surface area contributed by atoms with Crippen LogP contribution in [0.4, 0.5) is 5.95 Å². The van der Waals surface area contributed by atoms with Crippen molar-refractivity contribution in [1.82, 2.24) is 14.8 Å². The number of rotatable bonds is 5. The van der Waals surface area contributed by atoms with E-state index in [1.54, 1.807) is 4.68 Å². The Labute approximate surface area is 93.8 Å². The van der Waals surface area contributed by atoms with E-state index in [9.17, 15) is 10.1 Å². The Morgan fingerprint density at radius 3 is 2.88 bits per heavy atom. The van der Waals surface area contributed by atoms with Gasteiger partial charge in [0.05, 0.1) is 6.54 Å². The van der Waals surface area contributed by atoms with E-state index < -0.39 is 4.92 Å². The lowest BCUT2D eigenvalue weighted by atomic mass is 10.0. The van der Waals surface area contributed by atoms with Crippen LogP contribution in [0.5, 0.6) is 0 Å².